The summed E-state index contributed by atoms with van der Waals surface area (Å²) in [5.41, 5.74) is 0.893. The van der Waals surface area contributed by atoms with Crippen molar-refractivity contribution in [1.29, 1.82) is 0 Å². The monoisotopic (exact) mass is 199 g/mol. The molecular formula is C10H9ClFO. The van der Waals surface area contributed by atoms with Gasteiger partial charge in [-0.15, -0.1) is 0 Å². The van der Waals surface area contributed by atoms with Crippen molar-refractivity contribution in [1.82, 2.24) is 0 Å². The molecular weight excluding hydrogens is 191 g/mol. The third-order valence-corrected chi connectivity index (χ3v) is 2.36. The van der Waals surface area contributed by atoms with Crippen molar-refractivity contribution >= 4 is 11.6 Å². The van der Waals surface area contributed by atoms with Gasteiger partial charge in [0.25, 0.3) is 0 Å². The minimum Gasteiger partial charge on any atom is -0.367 e. The lowest BCUT2D eigenvalue weighted by Gasteiger charge is -2.08. The van der Waals surface area contributed by atoms with Gasteiger partial charge < -0.3 is 4.74 Å². The summed E-state index contributed by atoms with van der Waals surface area (Å²) in [6.07, 6.45) is 2.87. The maximum atomic E-state index is 12.8. The molecule has 2 rings (SSSR count). The standard InChI is InChI=1S/C10H9ClFO/c11-8-6-7(3-4-9(8)12)10-2-1-5-13-10/h3-4,6H,1-2,5H2. The second-order valence-electron chi connectivity index (χ2n) is 3.00. The van der Waals surface area contributed by atoms with E-state index in [-0.39, 0.29) is 10.8 Å². The van der Waals surface area contributed by atoms with Crippen LogP contribution >= 0.6 is 11.6 Å². The van der Waals surface area contributed by atoms with Crippen LogP contribution in [0.2, 0.25) is 5.02 Å². The molecule has 1 fully saturated rings. The summed E-state index contributed by atoms with van der Waals surface area (Å²) in [5.74, 6) is -0.385. The number of hydrogen-bond acceptors (Lipinski definition) is 1. The fraction of sp³-hybridized carbons (Fsp3) is 0.300. The first-order valence-corrected chi connectivity index (χ1v) is 4.59. The predicted molar refractivity (Wildman–Crippen MR) is 48.9 cm³/mol. The van der Waals surface area contributed by atoms with Crippen LogP contribution in [-0.2, 0) is 4.74 Å². The van der Waals surface area contributed by atoms with Crippen molar-refractivity contribution in [2.75, 3.05) is 6.61 Å². The number of rotatable bonds is 1. The average Bonchev–Trinajstić information content (AvgIpc) is 2.62. The van der Waals surface area contributed by atoms with E-state index in [4.69, 9.17) is 16.3 Å². The molecule has 1 aromatic rings. The van der Waals surface area contributed by atoms with Gasteiger partial charge in [-0.05, 0) is 30.5 Å². The minimum absolute atomic E-state index is 0.153. The van der Waals surface area contributed by atoms with Crippen LogP contribution in [0.3, 0.4) is 0 Å². The van der Waals surface area contributed by atoms with Gasteiger partial charge in [0.05, 0.1) is 5.02 Å². The summed E-state index contributed by atoms with van der Waals surface area (Å²) in [7, 11) is 0. The zero-order chi connectivity index (χ0) is 9.26. The van der Waals surface area contributed by atoms with Crippen LogP contribution in [0, 0.1) is 11.9 Å². The first-order valence-electron chi connectivity index (χ1n) is 4.21. The van der Waals surface area contributed by atoms with Gasteiger partial charge in [0.1, 0.15) is 11.9 Å². The molecule has 1 saturated heterocycles. The summed E-state index contributed by atoms with van der Waals surface area (Å²) < 4.78 is 18.2. The van der Waals surface area contributed by atoms with E-state index in [9.17, 15) is 4.39 Å². The molecule has 1 nitrogen and oxygen atoms in total. The van der Waals surface area contributed by atoms with Crippen molar-refractivity contribution in [3.05, 3.63) is 40.7 Å². The van der Waals surface area contributed by atoms with Crippen LogP contribution < -0.4 is 0 Å². The van der Waals surface area contributed by atoms with Crippen LogP contribution in [0.25, 0.3) is 0 Å². The highest BCUT2D eigenvalue weighted by atomic mass is 35.5. The molecule has 1 radical (unpaired) electrons. The minimum atomic E-state index is -0.385. The molecule has 3 heteroatoms. The molecule has 13 heavy (non-hydrogen) atoms. The lowest BCUT2D eigenvalue weighted by atomic mass is 10.1. The number of halogens is 2. The Bertz CT molecular complexity index is 308. The quantitative estimate of drug-likeness (QED) is 0.675. The first-order chi connectivity index (χ1) is 6.27. The lowest BCUT2D eigenvalue weighted by molar-refractivity contribution is 0.216. The predicted octanol–water partition coefficient (Wildman–Crippen LogP) is 3.17. The van der Waals surface area contributed by atoms with Crippen LogP contribution in [0.15, 0.2) is 18.2 Å². The molecule has 0 saturated carbocycles. The van der Waals surface area contributed by atoms with Gasteiger partial charge >= 0.3 is 0 Å². The Hall–Kier alpha value is -0.600. The van der Waals surface area contributed by atoms with E-state index < -0.39 is 0 Å². The van der Waals surface area contributed by atoms with Crippen molar-refractivity contribution < 1.29 is 9.13 Å². The van der Waals surface area contributed by atoms with Gasteiger partial charge in [0, 0.05) is 6.61 Å². The molecule has 0 aromatic heterocycles. The summed E-state index contributed by atoms with van der Waals surface area (Å²) in [5, 5.41) is 0.153. The summed E-state index contributed by atoms with van der Waals surface area (Å²) in [4.78, 5) is 0. The highest BCUT2D eigenvalue weighted by Crippen LogP contribution is 2.29. The fourth-order valence-electron chi connectivity index (χ4n) is 1.40. The van der Waals surface area contributed by atoms with Crippen molar-refractivity contribution in [2.24, 2.45) is 0 Å². The normalized spacial score (nSPS) is 18.0. The molecule has 0 spiro atoms. The maximum Gasteiger partial charge on any atom is 0.141 e. The molecule has 0 aliphatic carbocycles. The molecule has 1 aromatic carbocycles. The third-order valence-electron chi connectivity index (χ3n) is 2.07. The third kappa shape index (κ3) is 1.84. The number of benzene rings is 1. The van der Waals surface area contributed by atoms with E-state index >= 15 is 0 Å². The highest BCUT2D eigenvalue weighted by molar-refractivity contribution is 6.30. The molecule has 69 valence electrons. The Morgan fingerprint density at radius 1 is 1.38 bits per heavy atom. The molecule has 1 aliphatic rings. The Morgan fingerprint density at radius 2 is 2.23 bits per heavy atom. The summed E-state index contributed by atoms with van der Waals surface area (Å²) in [6, 6.07) is 4.67. The lowest BCUT2D eigenvalue weighted by Crippen LogP contribution is -1.96. The fourth-order valence-corrected chi connectivity index (χ4v) is 1.58. The van der Waals surface area contributed by atoms with Crippen molar-refractivity contribution in [3.8, 4) is 0 Å². The number of ether oxygens (including phenoxy) is 1. The van der Waals surface area contributed by atoms with Crippen LogP contribution in [-0.4, -0.2) is 6.61 Å². The molecule has 1 heterocycles. The van der Waals surface area contributed by atoms with E-state index in [0.717, 1.165) is 31.1 Å². The van der Waals surface area contributed by atoms with Gasteiger partial charge in [-0.2, -0.15) is 0 Å². The largest absolute Gasteiger partial charge is 0.367 e. The van der Waals surface area contributed by atoms with Crippen LogP contribution in [0.5, 0.6) is 0 Å². The Labute approximate surface area is 81.5 Å². The molecule has 1 aliphatic heterocycles. The molecule has 0 unspecified atom stereocenters. The zero-order valence-corrected chi connectivity index (χ0v) is 7.77. The molecule has 0 N–H and O–H groups in total. The summed E-state index contributed by atoms with van der Waals surface area (Å²) >= 11 is 5.65. The second-order valence-corrected chi connectivity index (χ2v) is 3.41. The highest BCUT2D eigenvalue weighted by Gasteiger charge is 2.19. The van der Waals surface area contributed by atoms with Gasteiger partial charge in [0.15, 0.2) is 0 Å². The van der Waals surface area contributed by atoms with Crippen molar-refractivity contribution in [2.45, 2.75) is 12.8 Å². The topological polar surface area (TPSA) is 9.23 Å². The SMILES string of the molecule is Fc1ccc([C]2CCCO2)cc1Cl. The van der Waals surface area contributed by atoms with E-state index in [1.165, 1.54) is 6.07 Å². The van der Waals surface area contributed by atoms with Gasteiger partial charge in [-0.25, -0.2) is 4.39 Å². The Kier molecular flexibility index (Phi) is 2.51. The van der Waals surface area contributed by atoms with Crippen LogP contribution in [0.1, 0.15) is 18.4 Å². The van der Waals surface area contributed by atoms with Crippen molar-refractivity contribution in [3.63, 3.8) is 0 Å². The van der Waals surface area contributed by atoms with Gasteiger partial charge in [-0.3, -0.25) is 0 Å². The van der Waals surface area contributed by atoms with E-state index in [1.807, 2.05) is 0 Å². The zero-order valence-electron chi connectivity index (χ0n) is 7.02. The maximum absolute atomic E-state index is 12.8. The Morgan fingerprint density at radius 3 is 2.85 bits per heavy atom. The van der Waals surface area contributed by atoms with Crippen LogP contribution in [0.4, 0.5) is 4.39 Å². The van der Waals surface area contributed by atoms with E-state index in [2.05, 4.69) is 0 Å². The van der Waals surface area contributed by atoms with E-state index in [0.29, 0.717) is 0 Å². The van der Waals surface area contributed by atoms with E-state index in [1.54, 1.807) is 12.1 Å². The molecule has 0 amide bonds. The summed E-state index contributed by atoms with van der Waals surface area (Å²) in [6.45, 7) is 0.754. The average molecular weight is 200 g/mol. The number of hydrogen-bond donors (Lipinski definition) is 0. The molecule has 0 bridgehead atoms. The van der Waals surface area contributed by atoms with Gasteiger partial charge in [0.2, 0.25) is 0 Å². The second kappa shape index (κ2) is 3.64. The first kappa shape index (κ1) is 8.97. The smallest absolute Gasteiger partial charge is 0.141 e. The Balaban J connectivity index is 2.25. The molecule has 0 atom stereocenters. The van der Waals surface area contributed by atoms with Gasteiger partial charge in [-0.1, -0.05) is 17.7 Å².